The minimum Gasteiger partial charge on any atom is -0.497 e. The molecule has 1 aliphatic rings. The van der Waals surface area contributed by atoms with Crippen molar-refractivity contribution < 1.29 is 4.74 Å². The lowest BCUT2D eigenvalue weighted by Crippen LogP contribution is -2.30. The van der Waals surface area contributed by atoms with Crippen LogP contribution in [0.5, 0.6) is 5.75 Å². The van der Waals surface area contributed by atoms with Crippen molar-refractivity contribution in [3.63, 3.8) is 0 Å². The highest BCUT2D eigenvalue weighted by Crippen LogP contribution is 2.26. The summed E-state index contributed by atoms with van der Waals surface area (Å²) in [6.07, 6.45) is 4.79. The standard InChI is InChI=1S/C15H16N2O/c1-18-15-5-4-13-11-17(8-6-12(13)9-15)14-3-2-7-16-10-14/h2-5,7,9-10H,6,8,11H2,1H3. The molecule has 0 saturated carbocycles. The van der Waals surface area contributed by atoms with E-state index in [0.29, 0.717) is 0 Å². The number of nitrogens with zero attached hydrogens (tertiary/aromatic N) is 2. The molecule has 0 N–H and O–H groups in total. The molecule has 3 rings (SSSR count). The van der Waals surface area contributed by atoms with Crippen molar-refractivity contribution in [3.8, 4) is 5.75 Å². The molecule has 0 amide bonds. The normalized spacial score (nSPS) is 14.2. The van der Waals surface area contributed by atoms with E-state index in [0.717, 1.165) is 25.3 Å². The molecule has 0 unspecified atom stereocenters. The van der Waals surface area contributed by atoms with Gasteiger partial charge in [-0.25, -0.2) is 0 Å². The lowest BCUT2D eigenvalue weighted by molar-refractivity contribution is 0.414. The Kier molecular flexibility index (Phi) is 2.89. The number of rotatable bonds is 2. The van der Waals surface area contributed by atoms with Gasteiger partial charge in [-0.15, -0.1) is 0 Å². The monoisotopic (exact) mass is 240 g/mol. The van der Waals surface area contributed by atoms with E-state index < -0.39 is 0 Å². The molecule has 3 heteroatoms. The van der Waals surface area contributed by atoms with E-state index in [9.17, 15) is 0 Å². The van der Waals surface area contributed by atoms with E-state index in [4.69, 9.17) is 4.74 Å². The van der Waals surface area contributed by atoms with E-state index in [2.05, 4.69) is 28.1 Å². The number of aromatic nitrogens is 1. The highest BCUT2D eigenvalue weighted by atomic mass is 16.5. The molecule has 2 aromatic rings. The SMILES string of the molecule is COc1ccc2c(c1)CCN(c1cccnc1)C2. The van der Waals surface area contributed by atoms with E-state index in [1.807, 2.05) is 24.5 Å². The molecule has 0 aliphatic carbocycles. The number of pyridine rings is 1. The zero-order chi connectivity index (χ0) is 12.4. The average molecular weight is 240 g/mol. The first-order chi connectivity index (χ1) is 8.86. The molecule has 1 aliphatic heterocycles. The number of hydrogen-bond acceptors (Lipinski definition) is 3. The van der Waals surface area contributed by atoms with Gasteiger partial charge in [0.2, 0.25) is 0 Å². The molecule has 92 valence electrons. The summed E-state index contributed by atoms with van der Waals surface area (Å²) in [5, 5.41) is 0. The van der Waals surface area contributed by atoms with Crippen molar-refractivity contribution in [2.24, 2.45) is 0 Å². The van der Waals surface area contributed by atoms with Gasteiger partial charge >= 0.3 is 0 Å². The molecule has 0 spiro atoms. The van der Waals surface area contributed by atoms with Crippen LogP contribution < -0.4 is 9.64 Å². The maximum absolute atomic E-state index is 5.27. The van der Waals surface area contributed by atoms with E-state index >= 15 is 0 Å². The molecule has 1 aromatic carbocycles. The predicted molar refractivity (Wildman–Crippen MR) is 72.0 cm³/mol. The van der Waals surface area contributed by atoms with Gasteiger partial charge in [-0.05, 0) is 41.8 Å². The van der Waals surface area contributed by atoms with E-state index in [1.54, 1.807) is 7.11 Å². The minimum absolute atomic E-state index is 0.948. The number of fused-ring (bicyclic) bond motifs is 1. The largest absolute Gasteiger partial charge is 0.497 e. The average Bonchev–Trinajstić information content (AvgIpc) is 2.47. The highest BCUT2D eigenvalue weighted by molar-refractivity contribution is 5.48. The summed E-state index contributed by atoms with van der Waals surface area (Å²) in [7, 11) is 1.71. The molecule has 1 aromatic heterocycles. The summed E-state index contributed by atoms with van der Waals surface area (Å²) < 4.78 is 5.27. The maximum atomic E-state index is 5.27. The number of methoxy groups -OCH3 is 1. The summed E-state index contributed by atoms with van der Waals surface area (Å²) in [5.74, 6) is 0.948. The molecule has 0 saturated heterocycles. The molecule has 18 heavy (non-hydrogen) atoms. The van der Waals surface area contributed by atoms with Crippen LogP contribution in [0.15, 0.2) is 42.7 Å². The Labute approximate surface area is 107 Å². The van der Waals surface area contributed by atoms with Crippen LogP contribution in [0, 0.1) is 0 Å². The van der Waals surface area contributed by atoms with Gasteiger partial charge in [-0.2, -0.15) is 0 Å². The molecule has 0 bridgehead atoms. The van der Waals surface area contributed by atoms with E-state index in [1.165, 1.54) is 16.8 Å². The second-order valence-electron chi connectivity index (χ2n) is 4.52. The molecule has 2 heterocycles. The van der Waals surface area contributed by atoms with Gasteiger partial charge in [0.25, 0.3) is 0 Å². The third kappa shape index (κ3) is 2.04. The van der Waals surface area contributed by atoms with Crippen molar-refractivity contribution in [1.82, 2.24) is 4.98 Å². The molecule has 3 nitrogen and oxygen atoms in total. The van der Waals surface area contributed by atoms with Gasteiger partial charge in [0, 0.05) is 19.3 Å². The van der Waals surface area contributed by atoms with Crippen LogP contribution in [0.2, 0.25) is 0 Å². The van der Waals surface area contributed by atoms with Gasteiger partial charge in [0.15, 0.2) is 0 Å². The van der Waals surface area contributed by atoms with Crippen molar-refractivity contribution in [3.05, 3.63) is 53.9 Å². The third-order valence-electron chi connectivity index (χ3n) is 3.44. The summed E-state index contributed by atoms with van der Waals surface area (Å²) in [4.78, 5) is 6.54. The summed E-state index contributed by atoms with van der Waals surface area (Å²) in [6.45, 7) is 1.98. The molecule has 0 radical (unpaired) electrons. The Balaban J connectivity index is 1.85. The number of anilines is 1. The van der Waals surface area contributed by atoms with E-state index in [-0.39, 0.29) is 0 Å². The smallest absolute Gasteiger partial charge is 0.119 e. The van der Waals surface area contributed by atoms with Crippen LogP contribution >= 0.6 is 0 Å². The zero-order valence-electron chi connectivity index (χ0n) is 10.5. The van der Waals surface area contributed by atoms with Crippen molar-refractivity contribution in [2.45, 2.75) is 13.0 Å². The first-order valence-electron chi connectivity index (χ1n) is 6.17. The lowest BCUT2D eigenvalue weighted by atomic mass is 9.99. The van der Waals surface area contributed by atoms with Crippen LogP contribution in [0.1, 0.15) is 11.1 Å². The summed E-state index contributed by atoms with van der Waals surface area (Å²) in [6, 6.07) is 10.4. The van der Waals surface area contributed by atoms with Crippen LogP contribution in [0.25, 0.3) is 0 Å². The van der Waals surface area contributed by atoms with Gasteiger partial charge < -0.3 is 9.64 Å². The summed E-state index contributed by atoms with van der Waals surface area (Å²) in [5.41, 5.74) is 3.97. The van der Waals surface area contributed by atoms with Gasteiger partial charge in [0.05, 0.1) is 19.0 Å². The fraction of sp³-hybridized carbons (Fsp3) is 0.267. The van der Waals surface area contributed by atoms with Crippen molar-refractivity contribution in [2.75, 3.05) is 18.6 Å². The van der Waals surface area contributed by atoms with Crippen molar-refractivity contribution in [1.29, 1.82) is 0 Å². The topological polar surface area (TPSA) is 25.4 Å². The third-order valence-corrected chi connectivity index (χ3v) is 3.44. The van der Waals surface area contributed by atoms with Crippen LogP contribution in [0.3, 0.4) is 0 Å². The van der Waals surface area contributed by atoms with Crippen LogP contribution in [-0.4, -0.2) is 18.6 Å². The predicted octanol–water partition coefficient (Wildman–Crippen LogP) is 2.65. The first-order valence-corrected chi connectivity index (χ1v) is 6.17. The number of benzene rings is 1. The maximum Gasteiger partial charge on any atom is 0.119 e. The number of hydrogen-bond donors (Lipinski definition) is 0. The second-order valence-corrected chi connectivity index (χ2v) is 4.52. The van der Waals surface area contributed by atoms with Gasteiger partial charge in [-0.1, -0.05) is 6.07 Å². The fourth-order valence-corrected chi connectivity index (χ4v) is 2.42. The second kappa shape index (κ2) is 4.69. The molecule has 0 fully saturated rings. The Bertz CT molecular complexity index is 539. The Morgan fingerprint density at radius 2 is 2.17 bits per heavy atom. The van der Waals surface area contributed by atoms with Crippen LogP contribution in [0.4, 0.5) is 5.69 Å². The Morgan fingerprint density at radius 3 is 2.94 bits per heavy atom. The quantitative estimate of drug-likeness (QED) is 0.807. The molecule has 0 atom stereocenters. The van der Waals surface area contributed by atoms with Gasteiger partial charge in [-0.3, -0.25) is 4.98 Å². The highest BCUT2D eigenvalue weighted by Gasteiger charge is 2.16. The Morgan fingerprint density at radius 1 is 1.22 bits per heavy atom. The molecular weight excluding hydrogens is 224 g/mol. The minimum atomic E-state index is 0.948. The number of ether oxygens (including phenoxy) is 1. The van der Waals surface area contributed by atoms with Crippen molar-refractivity contribution >= 4 is 5.69 Å². The Hall–Kier alpha value is -2.03. The first kappa shape index (κ1) is 11.1. The zero-order valence-corrected chi connectivity index (χ0v) is 10.5. The van der Waals surface area contributed by atoms with Gasteiger partial charge in [0.1, 0.15) is 5.75 Å². The summed E-state index contributed by atoms with van der Waals surface area (Å²) >= 11 is 0. The lowest BCUT2D eigenvalue weighted by Gasteiger charge is -2.30. The molecular formula is C15H16N2O. The van der Waals surface area contributed by atoms with Crippen LogP contribution in [-0.2, 0) is 13.0 Å². The fourth-order valence-electron chi connectivity index (χ4n) is 2.42.